The zero-order valence-corrected chi connectivity index (χ0v) is 22.8. The van der Waals surface area contributed by atoms with Gasteiger partial charge < -0.3 is 9.80 Å². The molecule has 0 radical (unpaired) electrons. The van der Waals surface area contributed by atoms with Crippen LogP contribution in [0, 0.1) is 0 Å². The lowest BCUT2D eigenvalue weighted by Gasteiger charge is -2.35. The Morgan fingerprint density at radius 3 is 1.38 bits per heavy atom. The Morgan fingerprint density at radius 2 is 0.938 bits per heavy atom. The smallest absolute Gasteiger partial charge is 0.101 e. The van der Waals surface area contributed by atoms with Crippen LogP contribution in [0.5, 0.6) is 0 Å². The van der Waals surface area contributed by atoms with Crippen molar-refractivity contribution in [3.8, 4) is 0 Å². The molecule has 0 N–H and O–H groups in total. The first kappa shape index (κ1) is 29.4. The van der Waals surface area contributed by atoms with E-state index in [0.717, 1.165) is 0 Å². The van der Waals surface area contributed by atoms with Gasteiger partial charge in [-0.3, -0.25) is 0 Å². The van der Waals surface area contributed by atoms with Gasteiger partial charge in [0.05, 0.1) is 0 Å². The summed E-state index contributed by atoms with van der Waals surface area (Å²) in [4.78, 5) is 5.25. The Balaban J connectivity index is 2.09. The van der Waals surface area contributed by atoms with Crippen molar-refractivity contribution in [2.45, 2.75) is 175 Å². The molecule has 0 saturated heterocycles. The van der Waals surface area contributed by atoms with Crippen LogP contribution in [0.2, 0.25) is 0 Å². The van der Waals surface area contributed by atoms with Gasteiger partial charge >= 0.3 is 0 Å². The van der Waals surface area contributed by atoms with E-state index in [4.69, 9.17) is 0 Å². The lowest BCUT2D eigenvalue weighted by Crippen LogP contribution is -2.42. The maximum Gasteiger partial charge on any atom is 0.101 e. The highest BCUT2D eigenvalue weighted by atomic mass is 15.4. The quantitative estimate of drug-likeness (QED) is 0.143. The fourth-order valence-corrected chi connectivity index (χ4v) is 5.18. The third-order valence-electron chi connectivity index (χ3n) is 7.34. The Labute approximate surface area is 203 Å². The molecule has 1 aliphatic heterocycles. The van der Waals surface area contributed by atoms with Gasteiger partial charge in [-0.25, -0.2) is 0 Å². The molecule has 2 nitrogen and oxygen atoms in total. The van der Waals surface area contributed by atoms with Crippen molar-refractivity contribution >= 4 is 0 Å². The molecule has 0 fully saturated rings. The van der Waals surface area contributed by atoms with Crippen LogP contribution < -0.4 is 0 Å². The van der Waals surface area contributed by atoms with Gasteiger partial charge in [0.15, 0.2) is 0 Å². The van der Waals surface area contributed by atoms with Gasteiger partial charge in [0, 0.05) is 25.0 Å². The van der Waals surface area contributed by atoms with E-state index < -0.39 is 0 Å². The topological polar surface area (TPSA) is 6.48 Å². The molecular weight excluding hydrogens is 388 g/mol. The summed E-state index contributed by atoms with van der Waals surface area (Å²) in [7, 11) is 0. The van der Waals surface area contributed by atoms with Crippen LogP contribution in [-0.4, -0.2) is 28.6 Å². The molecule has 0 aromatic rings. The SMILES string of the molecule is CCCCCCCCCCCCCCC1N(CCCCCCCCCC)C=CN1C(C)C. The molecule has 0 spiro atoms. The van der Waals surface area contributed by atoms with Gasteiger partial charge in [-0.15, -0.1) is 0 Å². The molecule has 0 aromatic heterocycles. The average Bonchev–Trinajstić information content (AvgIpc) is 3.19. The third-order valence-corrected chi connectivity index (χ3v) is 7.34. The normalized spacial score (nSPS) is 16.1. The van der Waals surface area contributed by atoms with Crippen LogP contribution in [0.25, 0.3) is 0 Å². The summed E-state index contributed by atoms with van der Waals surface area (Å²) in [6, 6.07) is 0.608. The molecule has 0 bridgehead atoms. The predicted octanol–water partition coefficient (Wildman–Crippen LogP) is 10.0. The van der Waals surface area contributed by atoms with E-state index in [1.165, 1.54) is 141 Å². The monoisotopic (exact) mass is 448 g/mol. The molecule has 1 heterocycles. The van der Waals surface area contributed by atoms with Gasteiger partial charge in [0.2, 0.25) is 0 Å². The Hall–Kier alpha value is -0.660. The minimum Gasteiger partial charge on any atom is -0.356 e. The standard InChI is InChI=1S/C30H60N2/c1-5-7-9-11-13-15-16-17-18-19-21-23-25-30-31(27-28-32(30)29(3)4)26-24-22-20-14-12-10-8-6-2/h27-30H,5-26H2,1-4H3. The fraction of sp³-hybridized carbons (Fsp3) is 0.933. The van der Waals surface area contributed by atoms with Crippen LogP contribution in [-0.2, 0) is 0 Å². The van der Waals surface area contributed by atoms with Crippen molar-refractivity contribution in [3.63, 3.8) is 0 Å². The zero-order chi connectivity index (χ0) is 23.3. The van der Waals surface area contributed by atoms with Gasteiger partial charge in [-0.2, -0.15) is 0 Å². The maximum absolute atomic E-state index is 2.65. The molecule has 1 unspecified atom stereocenters. The van der Waals surface area contributed by atoms with E-state index in [1.54, 1.807) is 0 Å². The number of hydrogen-bond donors (Lipinski definition) is 0. The molecular formula is C30H60N2. The Morgan fingerprint density at radius 1 is 0.531 bits per heavy atom. The summed E-state index contributed by atoms with van der Waals surface area (Å²) in [6.07, 6.45) is 35.3. The van der Waals surface area contributed by atoms with E-state index >= 15 is 0 Å². The minimum atomic E-state index is 0.608. The lowest BCUT2D eigenvalue weighted by molar-refractivity contribution is 0.114. The highest BCUT2D eigenvalue weighted by Crippen LogP contribution is 2.25. The third kappa shape index (κ3) is 14.5. The average molecular weight is 449 g/mol. The number of unbranched alkanes of at least 4 members (excludes halogenated alkanes) is 18. The number of hydrogen-bond acceptors (Lipinski definition) is 2. The van der Waals surface area contributed by atoms with E-state index in [2.05, 4.69) is 49.9 Å². The highest BCUT2D eigenvalue weighted by molar-refractivity contribution is 4.98. The first-order chi connectivity index (χ1) is 15.7. The second-order valence-corrected chi connectivity index (χ2v) is 10.7. The molecule has 1 atom stereocenters. The van der Waals surface area contributed by atoms with Gasteiger partial charge in [-0.05, 0) is 33.1 Å². The molecule has 0 aromatic carbocycles. The van der Waals surface area contributed by atoms with E-state index in [1.807, 2.05) is 0 Å². The van der Waals surface area contributed by atoms with Crippen molar-refractivity contribution in [3.05, 3.63) is 12.4 Å². The summed E-state index contributed by atoms with van der Waals surface area (Å²) in [6.45, 7) is 10.5. The van der Waals surface area contributed by atoms with Crippen molar-refractivity contribution in [1.82, 2.24) is 9.80 Å². The Bertz CT molecular complexity index is 417. The summed E-state index contributed by atoms with van der Waals surface area (Å²) in [5.74, 6) is 0. The number of rotatable bonds is 23. The Kier molecular flexibility index (Phi) is 19.2. The molecule has 0 aliphatic carbocycles. The molecule has 0 amide bonds. The molecule has 190 valence electrons. The van der Waals surface area contributed by atoms with E-state index in [0.29, 0.717) is 12.2 Å². The first-order valence-corrected chi connectivity index (χ1v) is 14.9. The lowest BCUT2D eigenvalue weighted by atomic mass is 10.0. The van der Waals surface area contributed by atoms with Gasteiger partial charge in [0.25, 0.3) is 0 Å². The van der Waals surface area contributed by atoms with Crippen LogP contribution in [0.3, 0.4) is 0 Å². The second-order valence-electron chi connectivity index (χ2n) is 10.7. The fourth-order valence-electron chi connectivity index (χ4n) is 5.18. The van der Waals surface area contributed by atoms with Gasteiger partial charge in [-0.1, -0.05) is 129 Å². The second kappa shape index (κ2) is 20.9. The van der Waals surface area contributed by atoms with Crippen molar-refractivity contribution in [2.75, 3.05) is 6.54 Å². The maximum atomic E-state index is 2.65. The van der Waals surface area contributed by atoms with Crippen molar-refractivity contribution in [1.29, 1.82) is 0 Å². The zero-order valence-electron chi connectivity index (χ0n) is 22.8. The minimum absolute atomic E-state index is 0.608. The van der Waals surface area contributed by atoms with Crippen LogP contribution >= 0.6 is 0 Å². The number of nitrogens with zero attached hydrogens (tertiary/aromatic N) is 2. The predicted molar refractivity (Wildman–Crippen MR) is 145 cm³/mol. The van der Waals surface area contributed by atoms with E-state index in [-0.39, 0.29) is 0 Å². The summed E-state index contributed by atoms with van der Waals surface area (Å²) < 4.78 is 0. The summed E-state index contributed by atoms with van der Waals surface area (Å²) >= 11 is 0. The first-order valence-electron chi connectivity index (χ1n) is 14.9. The molecule has 1 aliphatic rings. The molecule has 1 rings (SSSR count). The highest BCUT2D eigenvalue weighted by Gasteiger charge is 2.26. The largest absolute Gasteiger partial charge is 0.356 e. The van der Waals surface area contributed by atoms with Crippen molar-refractivity contribution < 1.29 is 0 Å². The van der Waals surface area contributed by atoms with Crippen LogP contribution in [0.15, 0.2) is 12.4 Å². The van der Waals surface area contributed by atoms with Gasteiger partial charge in [0.1, 0.15) is 6.17 Å². The summed E-state index contributed by atoms with van der Waals surface area (Å²) in [5, 5.41) is 0. The molecule has 2 heteroatoms. The van der Waals surface area contributed by atoms with Crippen LogP contribution in [0.4, 0.5) is 0 Å². The van der Waals surface area contributed by atoms with E-state index in [9.17, 15) is 0 Å². The summed E-state index contributed by atoms with van der Waals surface area (Å²) in [5.41, 5.74) is 0. The van der Waals surface area contributed by atoms with Crippen LogP contribution in [0.1, 0.15) is 163 Å². The molecule has 32 heavy (non-hydrogen) atoms. The van der Waals surface area contributed by atoms with Crippen molar-refractivity contribution in [2.24, 2.45) is 0 Å². The molecule has 0 saturated carbocycles.